The first kappa shape index (κ1) is 15.8. The van der Waals surface area contributed by atoms with Crippen molar-refractivity contribution in [1.29, 1.82) is 0 Å². The maximum Gasteiger partial charge on any atom is 0.326 e. The largest absolute Gasteiger partial charge is 0.480 e. The molecule has 5 nitrogen and oxygen atoms in total. The lowest BCUT2D eigenvalue weighted by molar-refractivity contribution is -0.146. The van der Waals surface area contributed by atoms with E-state index < -0.39 is 24.0 Å². The van der Waals surface area contributed by atoms with Gasteiger partial charge in [0.1, 0.15) is 6.04 Å². The minimum absolute atomic E-state index is 0.00339. The number of carboxylic acids is 1. The average Bonchev–Trinajstić information content (AvgIpc) is 2.82. The van der Waals surface area contributed by atoms with Crippen LogP contribution in [-0.4, -0.2) is 45.7 Å². The van der Waals surface area contributed by atoms with Crippen LogP contribution in [0.25, 0.3) is 6.08 Å². The zero-order valence-corrected chi connectivity index (χ0v) is 12.4. The number of carboxylic acid groups (broad SMARTS) is 1. The van der Waals surface area contributed by atoms with E-state index in [1.165, 1.54) is 12.2 Å². The molecule has 0 aromatic heterocycles. The predicted octanol–water partition coefficient (Wildman–Crippen LogP) is 2.05. The van der Waals surface area contributed by atoms with Crippen LogP contribution in [0.1, 0.15) is 12.0 Å². The Balaban J connectivity index is 2.15. The number of halogens is 2. The Labute approximate surface area is 131 Å². The predicted molar refractivity (Wildman–Crippen MR) is 79.3 cm³/mol. The van der Waals surface area contributed by atoms with Gasteiger partial charge in [-0.25, -0.2) is 4.79 Å². The van der Waals surface area contributed by atoms with Crippen LogP contribution in [0.5, 0.6) is 0 Å². The number of likely N-dealkylation sites (tertiary alicyclic amines) is 1. The van der Waals surface area contributed by atoms with E-state index in [-0.39, 0.29) is 13.0 Å². The van der Waals surface area contributed by atoms with Crippen molar-refractivity contribution in [2.24, 2.45) is 0 Å². The molecule has 1 aromatic carbocycles. The van der Waals surface area contributed by atoms with Gasteiger partial charge in [0, 0.05) is 19.0 Å². The monoisotopic (exact) mass is 329 g/mol. The number of β-amino-alcohol motifs (C(OH)–C–C–N with tert-alkyl or cyclic N) is 1. The van der Waals surface area contributed by atoms with E-state index >= 15 is 0 Å². The molecule has 2 N–H and O–H groups in total. The van der Waals surface area contributed by atoms with Gasteiger partial charge in [0.05, 0.1) is 16.1 Å². The molecule has 21 heavy (non-hydrogen) atoms. The molecule has 1 aliphatic heterocycles. The van der Waals surface area contributed by atoms with Gasteiger partial charge in [-0.2, -0.15) is 0 Å². The van der Waals surface area contributed by atoms with Crippen molar-refractivity contribution in [3.05, 3.63) is 39.9 Å². The lowest BCUT2D eigenvalue weighted by atomic mass is 10.2. The maximum atomic E-state index is 12.1. The highest BCUT2D eigenvalue weighted by Gasteiger charge is 2.37. The number of rotatable bonds is 3. The first-order valence-electron chi connectivity index (χ1n) is 6.23. The third kappa shape index (κ3) is 3.56. The number of benzene rings is 1. The summed E-state index contributed by atoms with van der Waals surface area (Å²) in [5.74, 6) is -1.62. The number of hydrogen-bond donors (Lipinski definition) is 2. The van der Waals surface area contributed by atoms with Gasteiger partial charge in [-0.3, -0.25) is 4.79 Å². The molecule has 112 valence electrons. The molecule has 0 spiro atoms. The molecule has 1 saturated heterocycles. The SMILES string of the molecule is O=C(O)C1CC(O)CN1C(=O)/C=C/c1cccc(Cl)c1Cl. The Bertz CT molecular complexity index is 603. The summed E-state index contributed by atoms with van der Waals surface area (Å²) in [5.41, 5.74) is 0.559. The molecule has 1 fully saturated rings. The fraction of sp³-hybridized carbons (Fsp3) is 0.286. The van der Waals surface area contributed by atoms with Crippen molar-refractivity contribution in [3.8, 4) is 0 Å². The standard InChI is InChI=1S/C14H13Cl2NO4/c15-10-3-1-2-8(13(10)16)4-5-12(19)17-7-9(18)6-11(17)14(20)21/h1-5,9,11,18H,6-7H2,(H,20,21)/b5-4+. The van der Waals surface area contributed by atoms with Crippen LogP contribution in [-0.2, 0) is 9.59 Å². The highest BCUT2D eigenvalue weighted by Crippen LogP contribution is 2.26. The van der Waals surface area contributed by atoms with E-state index in [1.807, 2.05) is 0 Å². The number of aliphatic hydroxyl groups is 1. The Kier molecular flexibility index (Phi) is 4.88. The van der Waals surface area contributed by atoms with Crippen LogP contribution in [0.15, 0.2) is 24.3 Å². The molecule has 1 amide bonds. The number of nitrogens with zero attached hydrogens (tertiary/aromatic N) is 1. The van der Waals surface area contributed by atoms with E-state index in [4.69, 9.17) is 28.3 Å². The minimum Gasteiger partial charge on any atom is -0.480 e. The molecule has 2 atom stereocenters. The minimum atomic E-state index is -1.13. The van der Waals surface area contributed by atoms with Crippen molar-refractivity contribution in [1.82, 2.24) is 4.90 Å². The van der Waals surface area contributed by atoms with Gasteiger partial charge in [0.2, 0.25) is 5.91 Å². The maximum absolute atomic E-state index is 12.1. The smallest absolute Gasteiger partial charge is 0.326 e. The number of carbonyl (C=O) groups is 2. The van der Waals surface area contributed by atoms with Crippen LogP contribution in [0, 0.1) is 0 Å². The van der Waals surface area contributed by atoms with Gasteiger partial charge in [0.25, 0.3) is 0 Å². The normalized spacial score (nSPS) is 22.0. The van der Waals surface area contributed by atoms with E-state index in [9.17, 15) is 14.7 Å². The molecule has 1 aliphatic rings. The molecule has 1 heterocycles. The summed E-state index contributed by atoms with van der Waals surface area (Å²) in [6.07, 6.45) is 1.91. The summed E-state index contributed by atoms with van der Waals surface area (Å²) in [5, 5.41) is 19.2. The van der Waals surface area contributed by atoms with Crippen molar-refractivity contribution >= 4 is 41.2 Å². The number of hydrogen-bond acceptors (Lipinski definition) is 3. The molecule has 1 aromatic rings. The molecule has 0 radical (unpaired) electrons. The van der Waals surface area contributed by atoms with Gasteiger partial charge in [-0.1, -0.05) is 35.3 Å². The van der Waals surface area contributed by atoms with Crippen LogP contribution in [0.4, 0.5) is 0 Å². The van der Waals surface area contributed by atoms with E-state index in [1.54, 1.807) is 18.2 Å². The third-order valence-corrected chi connectivity index (χ3v) is 4.07. The summed E-state index contributed by atoms with van der Waals surface area (Å²) in [6, 6.07) is 4.00. The molecule has 0 bridgehead atoms. The second-order valence-electron chi connectivity index (χ2n) is 4.71. The topological polar surface area (TPSA) is 77.8 Å². The van der Waals surface area contributed by atoms with Gasteiger partial charge < -0.3 is 15.1 Å². The second kappa shape index (κ2) is 6.47. The highest BCUT2D eigenvalue weighted by molar-refractivity contribution is 6.42. The van der Waals surface area contributed by atoms with Crippen molar-refractivity contribution in [2.45, 2.75) is 18.6 Å². The molecular formula is C14H13Cl2NO4. The number of amides is 1. The first-order valence-corrected chi connectivity index (χ1v) is 6.99. The van der Waals surface area contributed by atoms with Crippen LogP contribution >= 0.6 is 23.2 Å². The second-order valence-corrected chi connectivity index (χ2v) is 5.50. The fourth-order valence-corrected chi connectivity index (χ4v) is 2.57. The number of aliphatic hydroxyl groups excluding tert-OH is 1. The first-order chi connectivity index (χ1) is 9.90. The van der Waals surface area contributed by atoms with Crippen molar-refractivity contribution in [2.75, 3.05) is 6.54 Å². The summed E-state index contributed by atoms with van der Waals surface area (Å²) in [4.78, 5) is 24.3. The lowest BCUT2D eigenvalue weighted by Crippen LogP contribution is -2.39. The molecule has 2 unspecified atom stereocenters. The number of carbonyl (C=O) groups excluding carboxylic acids is 1. The molecule has 0 aliphatic carbocycles. The van der Waals surface area contributed by atoms with Gasteiger partial charge in [0.15, 0.2) is 0 Å². The van der Waals surface area contributed by atoms with Crippen LogP contribution in [0.2, 0.25) is 10.0 Å². The Morgan fingerprint density at radius 2 is 2.05 bits per heavy atom. The quantitative estimate of drug-likeness (QED) is 0.832. The van der Waals surface area contributed by atoms with Crippen molar-refractivity contribution in [3.63, 3.8) is 0 Å². The lowest BCUT2D eigenvalue weighted by Gasteiger charge is -2.19. The Hall–Kier alpha value is -1.56. The van der Waals surface area contributed by atoms with Crippen LogP contribution < -0.4 is 0 Å². The molecule has 7 heteroatoms. The van der Waals surface area contributed by atoms with Crippen molar-refractivity contribution < 1.29 is 19.8 Å². The Morgan fingerprint density at radius 1 is 1.33 bits per heavy atom. The fourth-order valence-electron chi connectivity index (χ4n) is 2.20. The van der Waals surface area contributed by atoms with E-state index in [0.29, 0.717) is 15.6 Å². The zero-order chi connectivity index (χ0) is 15.6. The Morgan fingerprint density at radius 3 is 2.71 bits per heavy atom. The van der Waals surface area contributed by atoms with Gasteiger partial charge in [-0.15, -0.1) is 0 Å². The highest BCUT2D eigenvalue weighted by atomic mass is 35.5. The van der Waals surface area contributed by atoms with E-state index in [2.05, 4.69) is 0 Å². The number of aliphatic carboxylic acids is 1. The average molecular weight is 330 g/mol. The summed E-state index contributed by atoms with van der Waals surface area (Å²) < 4.78 is 0. The molecule has 0 saturated carbocycles. The third-order valence-electron chi connectivity index (χ3n) is 3.23. The van der Waals surface area contributed by atoms with Gasteiger partial charge in [-0.05, 0) is 17.7 Å². The van der Waals surface area contributed by atoms with Gasteiger partial charge >= 0.3 is 5.97 Å². The molecule has 2 rings (SSSR count). The van der Waals surface area contributed by atoms with Crippen LogP contribution in [0.3, 0.4) is 0 Å². The molecular weight excluding hydrogens is 317 g/mol. The summed E-state index contributed by atoms with van der Waals surface area (Å²) in [6.45, 7) is 0.00339. The summed E-state index contributed by atoms with van der Waals surface area (Å²) >= 11 is 11.9. The zero-order valence-electron chi connectivity index (χ0n) is 10.9. The van der Waals surface area contributed by atoms with E-state index in [0.717, 1.165) is 4.90 Å². The summed E-state index contributed by atoms with van der Waals surface area (Å²) in [7, 11) is 0.